The van der Waals surface area contributed by atoms with Crippen molar-refractivity contribution in [3.8, 4) is 5.75 Å². The van der Waals surface area contributed by atoms with Gasteiger partial charge in [-0.05, 0) is 25.3 Å². The summed E-state index contributed by atoms with van der Waals surface area (Å²) in [4.78, 5) is 4.55. The van der Waals surface area contributed by atoms with E-state index in [0.29, 0.717) is 24.8 Å². The number of methoxy groups -OCH3 is 1. The molecule has 0 spiro atoms. The molecule has 6 nitrogen and oxygen atoms in total. The largest absolute Gasteiger partial charge is 0.496 e. The van der Waals surface area contributed by atoms with E-state index in [2.05, 4.69) is 15.6 Å². The number of ether oxygens (including phenoxy) is 1. The predicted molar refractivity (Wildman–Crippen MR) is 92.6 cm³/mol. The first-order valence-corrected chi connectivity index (χ1v) is 9.70. The monoisotopic (exact) mass is 339 g/mol. The van der Waals surface area contributed by atoms with Gasteiger partial charge in [0.2, 0.25) is 0 Å². The molecule has 0 radical (unpaired) electrons. The number of para-hydroxylation sites is 1. The lowest BCUT2D eigenvalue weighted by Gasteiger charge is -2.14. The molecule has 0 aliphatic carbocycles. The van der Waals surface area contributed by atoms with Crippen LogP contribution in [-0.2, 0) is 16.4 Å². The highest BCUT2D eigenvalue weighted by atomic mass is 32.2. The third-order valence-corrected chi connectivity index (χ3v) is 5.67. The summed E-state index contributed by atoms with van der Waals surface area (Å²) < 4.78 is 28.3. The van der Waals surface area contributed by atoms with Crippen molar-refractivity contribution in [1.82, 2.24) is 10.6 Å². The number of benzene rings is 1. The van der Waals surface area contributed by atoms with Crippen LogP contribution in [0.4, 0.5) is 0 Å². The van der Waals surface area contributed by atoms with Gasteiger partial charge in [-0.2, -0.15) is 0 Å². The molecule has 2 N–H and O–H groups in total. The van der Waals surface area contributed by atoms with Gasteiger partial charge in [0, 0.05) is 18.7 Å². The summed E-state index contributed by atoms with van der Waals surface area (Å²) >= 11 is 0. The SMILES string of the molecule is CCNC(=NCc1ccccc1OC)NCC1CCS(=O)(=O)C1. The maximum atomic E-state index is 11.5. The van der Waals surface area contributed by atoms with Gasteiger partial charge in [0.05, 0.1) is 25.2 Å². The second-order valence-corrected chi connectivity index (χ2v) is 7.89. The Bertz CT molecular complexity index is 644. The number of aliphatic imine (C=N–C) groups is 1. The minimum atomic E-state index is -2.84. The van der Waals surface area contributed by atoms with Crippen LogP contribution in [0.25, 0.3) is 0 Å². The zero-order chi connectivity index (χ0) is 16.7. The number of hydrogen-bond acceptors (Lipinski definition) is 4. The summed E-state index contributed by atoms with van der Waals surface area (Å²) in [6, 6.07) is 7.77. The van der Waals surface area contributed by atoms with E-state index in [0.717, 1.165) is 24.3 Å². The van der Waals surface area contributed by atoms with Gasteiger partial charge < -0.3 is 15.4 Å². The van der Waals surface area contributed by atoms with Crippen LogP contribution in [-0.4, -0.2) is 46.1 Å². The number of guanidine groups is 1. The van der Waals surface area contributed by atoms with E-state index in [-0.39, 0.29) is 11.7 Å². The first-order chi connectivity index (χ1) is 11.0. The van der Waals surface area contributed by atoms with Crippen molar-refractivity contribution < 1.29 is 13.2 Å². The number of sulfone groups is 1. The Morgan fingerprint density at radius 1 is 1.35 bits per heavy atom. The highest BCUT2D eigenvalue weighted by Crippen LogP contribution is 2.18. The molecule has 1 unspecified atom stereocenters. The Labute approximate surface area is 138 Å². The average Bonchev–Trinajstić information content (AvgIpc) is 2.89. The van der Waals surface area contributed by atoms with Crippen LogP contribution in [0.1, 0.15) is 18.9 Å². The molecule has 1 aromatic rings. The molecule has 1 atom stereocenters. The van der Waals surface area contributed by atoms with Crippen LogP contribution < -0.4 is 15.4 Å². The van der Waals surface area contributed by atoms with Crippen molar-refractivity contribution >= 4 is 15.8 Å². The van der Waals surface area contributed by atoms with Gasteiger partial charge >= 0.3 is 0 Å². The molecule has 128 valence electrons. The second-order valence-electron chi connectivity index (χ2n) is 5.66. The van der Waals surface area contributed by atoms with Gasteiger partial charge in [-0.15, -0.1) is 0 Å². The topological polar surface area (TPSA) is 79.8 Å². The molecule has 0 amide bonds. The first kappa shape index (κ1) is 17.6. The van der Waals surface area contributed by atoms with E-state index in [9.17, 15) is 8.42 Å². The molecular weight excluding hydrogens is 314 g/mol. The molecule has 1 heterocycles. The van der Waals surface area contributed by atoms with E-state index in [1.807, 2.05) is 31.2 Å². The first-order valence-electron chi connectivity index (χ1n) is 7.88. The average molecular weight is 339 g/mol. The van der Waals surface area contributed by atoms with Gasteiger partial charge in [-0.25, -0.2) is 13.4 Å². The standard InChI is InChI=1S/C16H25N3O3S/c1-3-17-16(18-10-13-8-9-23(20,21)12-13)19-11-14-6-4-5-7-15(14)22-2/h4-7,13H,3,8-12H2,1-2H3,(H2,17,18,19). The van der Waals surface area contributed by atoms with Crippen LogP contribution in [0.3, 0.4) is 0 Å². The lowest BCUT2D eigenvalue weighted by molar-refractivity contribution is 0.410. The highest BCUT2D eigenvalue weighted by Gasteiger charge is 2.27. The van der Waals surface area contributed by atoms with Crippen molar-refractivity contribution in [1.29, 1.82) is 0 Å². The van der Waals surface area contributed by atoms with E-state index >= 15 is 0 Å². The minimum absolute atomic E-state index is 0.162. The summed E-state index contributed by atoms with van der Waals surface area (Å²) in [7, 11) is -1.19. The Balaban J connectivity index is 1.94. The molecule has 2 rings (SSSR count). The van der Waals surface area contributed by atoms with Crippen LogP contribution in [0, 0.1) is 5.92 Å². The zero-order valence-electron chi connectivity index (χ0n) is 13.7. The van der Waals surface area contributed by atoms with Gasteiger partial charge in [-0.3, -0.25) is 0 Å². The quantitative estimate of drug-likeness (QED) is 0.601. The van der Waals surface area contributed by atoms with Gasteiger partial charge in [-0.1, -0.05) is 18.2 Å². The molecule has 7 heteroatoms. The third kappa shape index (κ3) is 5.42. The van der Waals surface area contributed by atoms with Gasteiger partial charge in [0.15, 0.2) is 15.8 Å². The van der Waals surface area contributed by atoms with Crippen molar-refractivity contribution in [2.75, 3.05) is 31.7 Å². The fourth-order valence-electron chi connectivity index (χ4n) is 2.61. The molecule has 1 aromatic carbocycles. The molecule has 1 aliphatic rings. The number of hydrogen-bond donors (Lipinski definition) is 2. The van der Waals surface area contributed by atoms with E-state index in [1.54, 1.807) is 7.11 Å². The van der Waals surface area contributed by atoms with Gasteiger partial charge in [0.25, 0.3) is 0 Å². The predicted octanol–water partition coefficient (Wildman–Crippen LogP) is 1.19. The Kier molecular flexibility index (Phi) is 6.27. The highest BCUT2D eigenvalue weighted by molar-refractivity contribution is 7.91. The summed E-state index contributed by atoms with van der Waals surface area (Å²) in [6.07, 6.45) is 0.723. The fourth-order valence-corrected chi connectivity index (χ4v) is 4.48. The molecule has 1 saturated heterocycles. The molecular formula is C16H25N3O3S. The minimum Gasteiger partial charge on any atom is -0.496 e. The Morgan fingerprint density at radius 3 is 2.78 bits per heavy atom. The van der Waals surface area contributed by atoms with E-state index < -0.39 is 9.84 Å². The summed E-state index contributed by atoms with van der Waals surface area (Å²) in [5.41, 5.74) is 1.01. The number of nitrogens with one attached hydrogen (secondary N) is 2. The van der Waals surface area contributed by atoms with Crippen molar-refractivity contribution in [3.05, 3.63) is 29.8 Å². The smallest absolute Gasteiger partial charge is 0.191 e. The zero-order valence-corrected chi connectivity index (χ0v) is 14.5. The number of rotatable bonds is 6. The molecule has 1 fully saturated rings. The number of nitrogens with zero attached hydrogens (tertiary/aromatic N) is 1. The summed E-state index contributed by atoms with van der Waals surface area (Å²) in [5, 5.41) is 6.43. The Hall–Kier alpha value is -1.76. The fraction of sp³-hybridized carbons (Fsp3) is 0.562. The molecule has 0 aromatic heterocycles. The molecule has 1 aliphatic heterocycles. The second kappa shape index (κ2) is 8.19. The molecule has 23 heavy (non-hydrogen) atoms. The van der Waals surface area contributed by atoms with Crippen LogP contribution in [0.2, 0.25) is 0 Å². The molecule has 0 saturated carbocycles. The Morgan fingerprint density at radius 2 is 2.13 bits per heavy atom. The lowest BCUT2D eigenvalue weighted by Crippen LogP contribution is -2.40. The molecule has 0 bridgehead atoms. The van der Waals surface area contributed by atoms with E-state index in [1.165, 1.54) is 0 Å². The maximum Gasteiger partial charge on any atom is 0.191 e. The lowest BCUT2D eigenvalue weighted by atomic mass is 10.1. The van der Waals surface area contributed by atoms with Crippen molar-refractivity contribution in [2.45, 2.75) is 19.9 Å². The van der Waals surface area contributed by atoms with Crippen LogP contribution in [0.5, 0.6) is 5.75 Å². The van der Waals surface area contributed by atoms with Crippen molar-refractivity contribution in [2.24, 2.45) is 10.9 Å². The third-order valence-electron chi connectivity index (χ3n) is 3.83. The van der Waals surface area contributed by atoms with Gasteiger partial charge in [0.1, 0.15) is 5.75 Å². The van der Waals surface area contributed by atoms with Crippen molar-refractivity contribution in [3.63, 3.8) is 0 Å². The summed E-state index contributed by atoms with van der Waals surface area (Å²) in [6.45, 7) is 3.88. The van der Waals surface area contributed by atoms with E-state index in [4.69, 9.17) is 4.74 Å². The van der Waals surface area contributed by atoms with Crippen LogP contribution in [0.15, 0.2) is 29.3 Å². The summed E-state index contributed by atoms with van der Waals surface area (Å²) in [5.74, 6) is 2.24. The normalized spacial score (nSPS) is 20.3. The maximum absolute atomic E-state index is 11.5. The van der Waals surface area contributed by atoms with Crippen LogP contribution >= 0.6 is 0 Å².